The quantitative estimate of drug-likeness (QED) is 0.342. The van der Waals surface area contributed by atoms with Gasteiger partial charge in [0.15, 0.2) is 0 Å². The van der Waals surface area contributed by atoms with E-state index in [9.17, 15) is 19.3 Å². The lowest BCUT2D eigenvalue weighted by molar-refractivity contribution is -0.384. The molecule has 126 valence electrons. The summed E-state index contributed by atoms with van der Waals surface area (Å²) in [4.78, 5) is 23.0. The second-order valence-corrected chi connectivity index (χ2v) is 6.41. The fourth-order valence-electron chi connectivity index (χ4n) is 1.89. The summed E-state index contributed by atoms with van der Waals surface area (Å²) in [5.74, 6) is 0.119. The Kier molecular flexibility index (Phi) is 6.57. The van der Waals surface area contributed by atoms with E-state index in [-0.39, 0.29) is 28.0 Å². The van der Waals surface area contributed by atoms with E-state index in [1.165, 1.54) is 24.3 Å². The number of nitro benzene ring substituents is 1. The predicted octanol–water partition coefficient (Wildman–Crippen LogP) is 4.30. The molecule has 2 aromatic carbocycles. The Bertz CT molecular complexity index is 741. The van der Waals surface area contributed by atoms with Gasteiger partial charge in [0.25, 0.3) is 11.6 Å². The highest BCUT2D eigenvalue weighted by Crippen LogP contribution is 2.22. The summed E-state index contributed by atoms with van der Waals surface area (Å²) in [6.07, 6.45) is 0.721. The standard InChI is InChI=1S/C16H14ClFN2O3S/c17-15-10-12(20(22)23)4-7-14(15)16(21)19-8-1-9-24-13-5-2-11(18)3-6-13/h2-7,10H,1,8-9H2,(H,19,21). The molecule has 1 N–H and O–H groups in total. The van der Waals surface area contributed by atoms with Crippen molar-refractivity contribution < 1.29 is 14.1 Å². The molecular formula is C16H14ClFN2O3S. The van der Waals surface area contributed by atoms with Crippen molar-refractivity contribution in [3.63, 3.8) is 0 Å². The zero-order chi connectivity index (χ0) is 17.5. The van der Waals surface area contributed by atoms with Gasteiger partial charge in [-0.15, -0.1) is 11.8 Å². The molecule has 24 heavy (non-hydrogen) atoms. The van der Waals surface area contributed by atoms with Gasteiger partial charge < -0.3 is 5.32 Å². The molecule has 8 heteroatoms. The number of thioether (sulfide) groups is 1. The molecule has 2 rings (SSSR count). The highest BCUT2D eigenvalue weighted by molar-refractivity contribution is 7.99. The maximum Gasteiger partial charge on any atom is 0.270 e. The van der Waals surface area contributed by atoms with Crippen LogP contribution in [0.1, 0.15) is 16.8 Å². The lowest BCUT2D eigenvalue weighted by Gasteiger charge is -2.07. The molecule has 0 spiro atoms. The monoisotopic (exact) mass is 368 g/mol. The van der Waals surface area contributed by atoms with Gasteiger partial charge >= 0.3 is 0 Å². The van der Waals surface area contributed by atoms with Crippen molar-refractivity contribution in [1.82, 2.24) is 5.32 Å². The van der Waals surface area contributed by atoms with Crippen molar-refractivity contribution in [3.8, 4) is 0 Å². The number of rotatable bonds is 7. The zero-order valence-electron chi connectivity index (χ0n) is 12.5. The molecule has 0 aliphatic rings. The Labute approximate surface area is 147 Å². The van der Waals surface area contributed by atoms with E-state index < -0.39 is 4.92 Å². The topological polar surface area (TPSA) is 72.2 Å². The highest BCUT2D eigenvalue weighted by Gasteiger charge is 2.14. The van der Waals surface area contributed by atoms with E-state index in [4.69, 9.17) is 11.6 Å². The van der Waals surface area contributed by atoms with E-state index in [1.807, 2.05) is 0 Å². The molecule has 0 saturated carbocycles. The van der Waals surface area contributed by atoms with Crippen LogP contribution < -0.4 is 5.32 Å². The van der Waals surface area contributed by atoms with E-state index in [0.29, 0.717) is 6.54 Å². The van der Waals surface area contributed by atoms with Gasteiger partial charge in [0, 0.05) is 23.6 Å². The van der Waals surface area contributed by atoms with Crippen LogP contribution in [0.15, 0.2) is 47.4 Å². The average Bonchev–Trinajstić information content (AvgIpc) is 2.55. The summed E-state index contributed by atoms with van der Waals surface area (Å²) in [5.41, 5.74) is 0.0423. The largest absolute Gasteiger partial charge is 0.352 e. The van der Waals surface area contributed by atoms with Gasteiger partial charge in [-0.2, -0.15) is 0 Å². The second-order valence-electron chi connectivity index (χ2n) is 4.83. The van der Waals surface area contributed by atoms with Crippen molar-refractivity contribution in [3.05, 3.63) is 69.0 Å². The minimum absolute atomic E-state index is 0.0439. The summed E-state index contributed by atoms with van der Waals surface area (Å²) in [7, 11) is 0. The van der Waals surface area contributed by atoms with Crippen LogP contribution >= 0.6 is 23.4 Å². The smallest absolute Gasteiger partial charge is 0.270 e. The summed E-state index contributed by atoms with van der Waals surface area (Å²) in [5, 5.41) is 13.4. The van der Waals surface area contributed by atoms with Gasteiger partial charge in [-0.25, -0.2) is 4.39 Å². The van der Waals surface area contributed by atoms with E-state index in [1.54, 1.807) is 23.9 Å². The van der Waals surface area contributed by atoms with Crippen molar-refractivity contribution in [2.45, 2.75) is 11.3 Å². The average molecular weight is 369 g/mol. The molecule has 0 saturated heterocycles. The number of nitrogens with zero attached hydrogens (tertiary/aromatic N) is 1. The second kappa shape index (κ2) is 8.65. The number of carbonyl (C=O) groups is 1. The summed E-state index contributed by atoms with van der Waals surface area (Å²) in [6, 6.07) is 9.95. The van der Waals surface area contributed by atoms with Crippen LogP contribution in [0.25, 0.3) is 0 Å². The van der Waals surface area contributed by atoms with E-state index in [0.717, 1.165) is 23.1 Å². The van der Waals surface area contributed by atoms with E-state index >= 15 is 0 Å². The third-order valence-electron chi connectivity index (χ3n) is 3.10. The van der Waals surface area contributed by atoms with Gasteiger partial charge in [-0.3, -0.25) is 14.9 Å². The molecule has 0 aliphatic heterocycles. The fourth-order valence-corrected chi connectivity index (χ4v) is 3.01. The van der Waals surface area contributed by atoms with Gasteiger partial charge in [-0.05, 0) is 42.5 Å². The maximum atomic E-state index is 12.8. The van der Waals surface area contributed by atoms with Gasteiger partial charge in [0.1, 0.15) is 5.82 Å². The van der Waals surface area contributed by atoms with E-state index in [2.05, 4.69) is 5.32 Å². The third-order valence-corrected chi connectivity index (χ3v) is 4.51. The Morgan fingerprint density at radius 1 is 1.25 bits per heavy atom. The first-order valence-corrected chi connectivity index (χ1v) is 8.44. The number of nitro groups is 1. The number of hydrogen-bond donors (Lipinski definition) is 1. The number of non-ortho nitro benzene ring substituents is 1. The number of nitrogens with one attached hydrogen (secondary N) is 1. The predicted molar refractivity (Wildman–Crippen MR) is 92.2 cm³/mol. The molecule has 2 aromatic rings. The fraction of sp³-hybridized carbons (Fsp3) is 0.188. The molecule has 0 heterocycles. The molecule has 0 radical (unpaired) electrons. The van der Waals surface area contributed by atoms with Crippen molar-refractivity contribution in [1.29, 1.82) is 0 Å². The Morgan fingerprint density at radius 2 is 1.96 bits per heavy atom. The number of hydrogen-bond acceptors (Lipinski definition) is 4. The molecule has 0 aromatic heterocycles. The minimum atomic E-state index is -0.569. The van der Waals surface area contributed by atoms with Crippen LogP contribution in [-0.2, 0) is 0 Å². The SMILES string of the molecule is O=C(NCCCSc1ccc(F)cc1)c1ccc([N+](=O)[O-])cc1Cl. The van der Waals surface area contributed by atoms with Crippen LogP contribution in [0.4, 0.5) is 10.1 Å². The van der Waals surface area contributed by atoms with Gasteiger partial charge in [0.05, 0.1) is 15.5 Å². The van der Waals surface area contributed by atoms with Crippen molar-refractivity contribution in [2.75, 3.05) is 12.3 Å². The van der Waals surface area contributed by atoms with Crippen molar-refractivity contribution in [2.24, 2.45) is 0 Å². The molecule has 0 bridgehead atoms. The summed E-state index contributed by atoms with van der Waals surface area (Å²) >= 11 is 7.47. The van der Waals surface area contributed by atoms with Crippen LogP contribution in [0.3, 0.4) is 0 Å². The molecule has 1 amide bonds. The van der Waals surface area contributed by atoms with Crippen LogP contribution in [-0.4, -0.2) is 23.1 Å². The number of halogens is 2. The van der Waals surface area contributed by atoms with Crippen LogP contribution in [0.2, 0.25) is 5.02 Å². The number of amides is 1. The Morgan fingerprint density at radius 3 is 2.58 bits per heavy atom. The lowest BCUT2D eigenvalue weighted by Crippen LogP contribution is -2.25. The molecule has 0 unspecified atom stereocenters. The molecule has 0 fully saturated rings. The van der Waals surface area contributed by atoms with Crippen molar-refractivity contribution >= 4 is 35.0 Å². The normalized spacial score (nSPS) is 10.4. The molecule has 5 nitrogen and oxygen atoms in total. The van der Waals surface area contributed by atoms with Crippen LogP contribution in [0.5, 0.6) is 0 Å². The lowest BCUT2D eigenvalue weighted by atomic mass is 10.2. The van der Waals surface area contributed by atoms with Gasteiger partial charge in [-0.1, -0.05) is 11.6 Å². The number of carbonyl (C=O) groups excluding carboxylic acids is 1. The molecular weight excluding hydrogens is 355 g/mol. The summed E-state index contributed by atoms with van der Waals surface area (Å²) in [6.45, 7) is 0.445. The Balaban J connectivity index is 1.77. The first-order valence-electron chi connectivity index (χ1n) is 7.08. The summed E-state index contributed by atoms with van der Waals surface area (Å²) < 4.78 is 12.8. The van der Waals surface area contributed by atoms with Crippen LogP contribution in [0, 0.1) is 15.9 Å². The maximum absolute atomic E-state index is 12.8. The highest BCUT2D eigenvalue weighted by atomic mass is 35.5. The first-order chi connectivity index (χ1) is 11.5. The minimum Gasteiger partial charge on any atom is -0.352 e. The molecule has 0 atom stereocenters. The Hall–Kier alpha value is -2.12. The van der Waals surface area contributed by atoms with Gasteiger partial charge in [0.2, 0.25) is 0 Å². The third kappa shape index (κ3) is 5.21. The number of benzene rings is 2. The first kappa shape index (κ1) is 18.2. The molecule has 0 aliphatic carbocycles. The zero-order valence-corrected chi connectivity index (χ0v) is 14.1.